The fourth-order valence-electron chi connectivity index (χ4n) is 4.18. The number of nitrogens with zero attached hydrogens (tertiary/aromatic N) is 2. The van der Waals surface area contributed by atoms with Gasteiger partial charge in [-0.3, -0.25) is 9.69 Å². The Kier molecular flexibility index (Phi) is 8.13. The van der Waals surface area contributed by atoms with Crippen molar-refractivity contribution in [3.8, 4) is 5.75 Å². The molecule has 0 aromatic heterocycles. The number of rotatable bonds is 8. The SMILES string of the molecule is CC(CC(=O)N1CCN(CC(O)COc2ccccc2)CC1)C1CCCNC1. The molecule has 3 atom stereocenters. The molecule has 6 nitrogen and oxygen atoms in total. The summed E-state index contributed by atoms with van der Waals surface area (Å²) in [6.07, 6.45) is 2.58. The van der Waals surface area contributed by atoms with Crippen LogP contribution in [0.5, 0.6) is 5.75 Å². The van der Waals surface area contributed by atoms with Crippen LogP contribution in [0.3, 0.4) is 0 Å². The lowest BCUT2D eigenvalue weighted by Crippen LogP contribution is -2.51. The topological polar surface area (TPSA) is 65.0 Å². The van der Waals surface area contributed by atoms with Gasteiger partial charge in [0.05, 0.1) is 0 Å². The Morgan fingerprint density at radius 3 is 2.68 bits per heavy atom. The van der Waals surface area contributed by atoms with Gasteiger partial charge in [-0.15, -0.1) is 0 Å². The van der Waals surface area contributed by atoms with Crippen LogP contribution in [-0.2, 0) is 4.79 Å². The molecule has 2 fully saturated rings. The van der Waals surface area contributed by atoms with Gasteiger partial charge in [-0.1, -0.05) is 25.1 Å². The maximum absolute atomic E-state index is 12.7. The largest absolute Gasteiger partial charge is 0.491 e. The van der Waals surface area contributed by atoms with Crippen molar-refractivity contribution in [1.82, 2.24) is 15.1 Å². The van der Waals surface area contributed by atoms with E-state index in [0.717, 1.165) is 45.0 Å². The van der Waals surface area contributed by atoms with E-state index in [1.54, 1.807) is 0 Å². The molecular formula is C22H35N3O3. The van der Waals surface area contributed by atoms with Gasteiger partial charge in [-0.2, -0.15) is 0 Å². The van der Waals surface area contributed by atoms with Crippen molar-refractivity contribution < 1.29 is 14.6 Å². The van der Waals surface area contributed by atoms with E-state index < -0.39 is 6.10 Å². The summed E-state index contributed by atoms with van der Waals surface area (Å²) >= 11 is 0. The second-order valence-electron chi connectivity index (χ2n) is 8.25. The normalized spacial score (nSPS) is 23.2. The number of para-hydroxylation sites is 1. The van der Waals surface area contributed by atoms with Crippen LogP contribution in [0.4, 0.5) is 0 Å². The second-order valence-corrected chi connectivity index (χ2v) is 8.25. The zero-order valence-corrected chi connectivity index (χ0v) is 17.1. The number of β-amino-alcohol motifs (C(OH)–C–C–N with tert-alkyl or cyclic N) is 1. The minimum absolute atomic E-state index is 0.283. The number of carbonyl (C=O) groups excluding carboxylic acids is 1. The molecule has 2 aliphatic heterocycles. The fraction of sp³-hybridized carbons (Fsp3) is 0.682. The van der Waals surface area contributed by atoms with Gasteiger partial charge in [-0.05, 0) is 49.9 Å². The standard InChI is InChI=1S/C22H35N3O3/c1-18(19-6-5-9-23-15-19)14-22(27)25-12-10-24(11-13-25)16-20(26)17-28-21-7-3-2-4-8-21/h2-4,7-8,18-20,23,26H,5-6,9-17H2,1H3. The fourth-order valence-corrected chi connectivity index (χ4v) is 4.18. The summed E-state index contributed by atoms with van der Waals surface area (Å²) in [5, 5.41) is 13.7. The average Bonchev–Trinajstić information content (AvgIpc) is 2.74. The molecule has 2 N–H and O–H groups in total. The number of hydrogen-bond acceptors (Lipinski definition) is 5. The van der Waals surface area contributed by atoms with Crippen LogP contribution in [0, 0.1) is 11.8 Å². The van der Waals surface area contributed by atoms with Crippen molar-refractivity contribution in [1.29, 1.82) is 0 Å². The molecule has 28 heavy (non-hydrogen) atoms. The minimum atomic E-state index is -0.527. The number of piperidine rings is 1. The van der Waals surface area contributed by atoms with Crippen LogP contribution in [0.25, 0.3) is 0 Å². The summed E-state index contributed by atoms with van der Waals surface area (Å²) in [5.74, 6) is 2.12. The third-order valence-corrected chi connectivity index (χ3v) is 6.02. The Hall–Kier alpha value is -1.63. The summed E-state index contributed by atoms with van der Waals surface area (Å²) in [6, 6.07) is 9.56. The molecule has 1 amide bonds. The maximum Gasteiger partial charge on any atom is 0.222 e. The molecule has 1 aromatic rings. The first kappa shape index (κ1) is 21.1. The highest BCUT2D eigenvalue weighted by molar-refractivity contribution is 5.76. The average molecular weight is 390 g/mol. The second kappa shape index (κ2) is 10.8. The Morgan fingerprint density at radius 1 is 1.25 bits per heavy atom. The molecule has 3 unspecified atom stereocenters. The summed E-state index contributed by atoms with van der Waals surface area (Å²) in [5.41, 5.74) is 0. The van der Waals surface area contributed by atoms with Gasteiger partial charge in [0.15, 0.2) is 0 Å². The zero-order valence-electron chi connectivity index (χ0n) is 17.1. The number of aliphatic hydroxyl groups excluding tert-OH is 1. The summed E-state index contributed by atoms with van der Waals surface area (Å²) in [7, 11) is 0. The first-order valence-electron chi connectivity index (χ1n) is 10.7. The number of ether oxygens (including phenoxy) is 1. The van der Waals surface area contributed by atoms with Crippen LogP contribution < -0.4 is 10.1 Å². The van der Waals surface area contributed by atoms with Crippen molar-refractivity contribution in [3.05, 3.63) is 30.3 Å². The smallest absolute Gasteiger partial charge is 0.222 e. The molecule has 2 saturated heterocycles. The maximum atomic E-state index is 12.7. The van der Waals surface area contributed by atoms with Gasteiger partial charge in [-0.25, -0.2) is 0 Å². The Balaban J connectivity index is 1.33. The first-order chi connectivity index (χ1) is 13.6. The Morgan fingerprint density at radius 2 is 2.00 bits per heavy atom. The van der Waals surface area contributed by atoms with Crippen LogP contribution >= 0.6 is 0 Å². The predicted octanol–water partition coefficient (Wildman–Crippen LogP) is 1.60. The third-order valence-electron chi connectivity index (χ3n) is 6.02. The molecule has 2 heterocycles. The molecule has 0 saturated carbocycles. The molecular weight excluding hydrogens is 354 g/mol. The number of amides is 1. The van der Waals surface area contributed by atoms with Crippen molar-refractivity contribution in [3.63, 3.8) is 0 Å². The Bertz CT molecular complexity index is 584. The lowest BCUT2D eigenvalue weighted by molar-refractivity contribution is -0.134. The summed E-state index contributed by atoms with van der Waals surface area (Å²) in [6.45, 7) is 8.37. The van der Waals surface area contributed by atoms with Crippen molar-refractivity contribution in [2.75, 3.05) is 52.4 Å². The number of carbonyl (C=O) groups is 1. The van der Waals surface area contributed by atoms with Gasteiger partial charge in [0, 0.05) is 39.1 Å². The number of hydrogen-bond donors (Lipinski definition) is 2. The number of aliphatic hydroxyl groups is 1. The highest BCUT2D eigenvalue weighted by Crippen LogP contribution is 2.23. The van der Waals surface area contributed by atoms with Crippen molar-refractivity contribution >= 4 is 5.91 Å². The van der Waals surface area contributed by atoms with Crippen molar-refractivity contribution in [2.24, 2.45) is 11.8 Å². The highest BCUT2D eigenvalue weighted by atomic mass is 16.5. The number of nitrogens with one attached hydrogen (secondary N) is 1. The number of benzene rings is 1. The van der Waals surface area contributed by atoms with Crippen LogP contribution in [0.15, 0.2) is 30.3 Å². The molecule has 0 bridgehead atoms. The lowest BCUT2D eigenvalue weighted by atomic mass is 9.85. The third kappa shape index (κ3) is 6.47. The minimum Gasteiger partial charge on any atom is -0.491 e. The van der Waals surface area contributed by atoms with Crippen LogP contribution in [0.2, 0.25) is 0 Å². The van der Waals surface area contributed by atoms with Gasteiger partial charge in [0.1, 0.15) is 18.5 Å². The lowest BCUT2D eigenvalue weighted by Gasteiger charge is -2.36. The van der Waals surface area contributed by atoms with Gasteiger partial charge < -0.3 is 20.1 Å². The van der Waals surface area contributed by atoms with E-state index in [4.69, 9.17) is 4.74 Å². The molecule has 2 aliphatic rings. The van der Waals surface area contributed by atoms with E-state index in [1.165, 1.54) is 12.8 Å². The van der Waals surface area contributed by atoms with E-state index in [1.807, 2.05) is 35.2 Å². The van der Waals surface area contributed by atoms with E-state index in [2.05, 4.69) is 17.1 Å². The first-order valence-corrected chi connectivity index (χ1v) is 10.7. The molecule has 156 valence electrons. The predicted molar refractivity (Wildman–Crippen MR) is 110 cm³/mol. The summed E-state index contributed by atoms with van der Waals surface area (Å²) in [4.78, 5) is 16.9. The monoisotopic (exact) mass is 389 g/mol. The van der Waals surface area contributed by atoms with Gasteiger partial charge in [0.2, 0.25) is 5.91 Å². The van der Waals surface area contributed by atoms with Gasteiger partial charge >= 0.3 is 0 Å². The quantitative estimate of drug-likeness (QED) is 0.707. The molecule has 3 rings (SSSR count). The van der Waals surface area contributed by atoms with E-state index in [-0.39, 0.29) is 12.5 Å². The molecule has 0 spiro atoms. The van der Waals surface area contributed by atoms with Crippen LogP contribution in [0.1, 0.15) is 26.2 Å². The van der Waals surface area contributed by atoms with Gasteiger partial charge in [0.25, 0.3) is 0 Å². The van der Waals surface area contributed by atoms with E-state index in [0.29, 0.717) is 24.8 Å². The molecule has 1 aromatic carbocycles. The molecule has 6 heteroatoms. The van der Waals surface area contributed by atoms with Crippen LogP contribution in [-0.4, -0.2) is 79.3 Å². The molecule has 0 aliphatic carbocycles. The van der Waals surface area contributed by atoms with E-state index >= 15 is 0 Å². The highest BCUT2D eigenvalue weighted by Gasteiger charge is 2.27. The number of piperazine rings is 1. The van der Waals surface area contributed by atoms with Crippen molar-refractivity contribution in [2.45, 2.75) is 32.3 Å². The molecule has 0 radical (unpaired) electrons. The van der Waals surface area contributed by atoms with E-state index in [9.17, 15) is 9.90 Å². The Labute approximate surface area is 168 Å². The summed E-state index contributed by atoms with van der Waals surface area (Å²) < 4.78 is 5.62. The zero-order chi connectivity index (χ0) is 19.8.